The van der Waals surface area contributed by atoms with Gasteiger partial charge in [-0.25, -0.2) is 0 Å². The Hall–Kier alpha value is -3.21. The van der Waals surface area contributed by atoms with Crippen molar-refractivity contribution >= 4 is 11.6 Å². The molecule has 0 saturated carbocycles. The number of benzene rings is 2. The lowest BCUT2D eigenvalue weighted by Gasteiger charge is -2.09. The van der Waals surface area contributed by atoms with Gasteiger partial charge in [-0.1, -0.05) is 18.2 Å². The summed E-state index contributed by atoms with van der Waals surface area (Å²) in [5.41, 5.74) is 0.944. The van der Waals surface area contributed by atoms with Gasteiger partial charge in [-0.05, 0) is 48.5 Å². The number of hydrogen-bond acceptors (Lipinski definition) is 4. The highest BCUT2D eigenvalue weighted by Gasteiger charge is 2.03. The number of amides is 1. The molecule has 0 radical (unpaired) electrons. The Morgan fingerprint density at radius 1 is 0.920 bits per heavy atom. The number of anilines is 1. The second-order valence-corrected chi connectivity index (χ2v) is 5.47. The lowest BCUT2D eigenvalue weighted by atomic mass is 10.3. The molecule has 25 heavy (non-hydrogen) atoms. The molecule has 0 atom stereocenters. The topological polar surface area (TPSA) is 63.5 Å². The van der Waals surface area contributed by atoms with Crippen LogP contribution in [-0.4, -0.2) is 12.5 Å². The van der Waals surface area contributed by atoms with Crippen LogP contribution in [-0.2, 0) is 11.3 Å². The van der Waals surface area contributed by atoms with Crippen molar-refractivity contribution in [3.8, 4) is 11.5 Å². The van der Waals surface area contributed by atoms with Gasteiger partial charge in [0.05, 0.1) is 12.8 Å². The summed E-state index contributed by atoms with van der Waals surface area (Å²) in [5.74, 6) is 2.30. The molecular formula is C20H20N2O3. The molecule has 0 aliphatic rings. The van der Waals surface area contributed by atoms with Gasteiger partial charge in [0.2, 0.25) is 5.91 Å². The van der Waals surface area contributed by atoms with Gasteiger partial charge in [0.15, 0.2) is 0 Å². The highest BCUT2D eigenvalue weighted by atomic mass is 16.5. The van der Waals surface area contributed by atoms with E-state index in [1.807, 2.05) is 60.7 Å². The van der Waals surface area contributed by atoms with Gasteiger partial charge in [0.25, 0.3) is 0 Å². The van der Waals surface area contributed by atoms with Gasteiger partial charge < -0.3 is 19.8 Å². The fourth-order valence-corrected chi connectivity index (χ4v) is 2.27. The van der Waals surface area contributed by atoms with Gasteiger partial charge in [0.1, 0.15) is 17.3 Å². The number of nitrogens with one attached hydrogen (secondary N) is 2. The summed E-state index contributed by atoms with van der Waals surface area (Å²) in [4.78, 5) is 11.8. The summed E-state index contributed by atoms with van der Waals surface area (Å²) in [5, 5.41) is 6.04. The molecule has 0 unspecified atom stereocenters. The summed E-state index contributed by atoms with van der Waals surface area (Å²) in [6.45, 7) is 0.972. The number of carbonyl (C=O) groups is 1. The van der Waals surface area contributed by atoms with Gasteiger partial charge >= 0.3 is 0 Å². The minimum absolute atomic E-state index is 0.0204. The summed E-state index contributed by atoms with van der Waals surface area (Å²) in [6.07, 6.45) is 1.98. The molecule has 128 valence electrons. The Morgan fingerprint density at radius 3 is 2.40 bits per heavy atom. The highest BCUT2D eigenvalue weighted by Crippen LogP contribution is 2.22. The van der Waals surface area contributed by atoms with Gasteiger partial charge in [0, 0.05) is 18.7 Å². The average molecular weight is 336 g/mol. The van der Waals surface area contributed by atoms with Crippen molar-refractivity contribution in [2.24, 2.45) is 0 Å². The molecule has 1 heterocycles. The van der Waals surface area contributed by atoms with Gasteiger partial charge in [-0.3, -0.25) is 4.79 Å². The van der Waals surface area contributed by atoms with E-state index in [9.17, 15) is 4.79 Å². The zero-order chi connectivity index (χ0) is 17.3. The van der Waals surface area contributed by atoms with Crippen molar-refractivity contribution in [1.29, 1.82) is 0 Å². The third-order valence-electron chi connectivity index (χ3n) is 3.55. The second kappa shape index (κ2) is 8.59. The van der Waals surface area contributed by atoms with Crippen molar-refractivity contribution < 1.29 is 13.9 Å². The first kappa shape index (κ1) is 16.6. The molecule has 1 amide bonds. The molecule has 0 saturated heterocycles. The Labute approximate surface area is 146 Å². The van der Waals surface area contributed by atoms with Gasteiger partial charge in [-0.2, -0.15) is 0 Å². The molecule has 0 aliphatic heterocycles. The average Bonchev–Trinajstić information content (AvgIpc) is 3.16. The van der Waals surface area contributed by atoms with Crippen LogP contribution < -0.4 is 15.4 Å². The van der Waals surface area contributed by atoms with Crippen LogP contribution in [0.2, 0.25) is 0 Å². The molecule has 0 fully saturated rings. The predicted octanol–water partition coefficient (Wildman–Crippen LogP) is 4.19. The van der Waals surface area contributed by atoms with Crippen LogP contribution in [0.3, 0.4) is 0 Å². The van der Waals surface area contributed by atoms with Crippen molar-refractivity contribution in [1.82, 2.24) is 5.32 Å². The lowest BCUT2D eigenvalue weighted by molar-refractivity contribution is -0.121. The van der Waals surface area contributed by atoms with Crippen molar-refractivity contribution in [2.75, 3.05) is 11.9 Å². The third kappa shape index (κ3) is 5.42. The van der Waals surface area contributed by atoms with Crippen LogP contribution in [0.25, 0.3) is 0 Å². The molecule has 0 bridgehead atoms. The van der Waals surface area contributed by atoms with E-state index in [-0.39, 0.29) is 5.91 Å². The molecule has 1 aromatic heterocycles. The zero-order valence-corrected chi connectivity index (χ0v) is 13.8. The quantitative estimate of drug-likeness (QED) is 0.647. The first-order valence-corrected chi connectivity index (χ1v) is 8.15. The molecule has 0 spiro atoms. The molecule has 3 aromatic rings. The number of carbonyl (C=O) groups excluding carboxylic acids is 1. The molecule has 2 N–H and O–H groups in total. The minimum atomic E-state index is -0.0204. The number of para-hydroxylation sites is 1. The summed E-state index contributed by atoms with van der Waals surface area (Å²) in [7, 11) is 0. The Kier molecular flexibility index (Phi) is 5.72. The molecular weight excluding hydrogens is 316 g/mol. The zero-order valence-electron chi connectivity index (χ0n) is 13.8. The van der Waals surface area contributed by atoms with E-state index in [0.29, 0.717) is 19.5 Å². The Morgan fingerprint density at radius 2 is 1.68 bits per heavy atom. The number of rotatable bonds is 8. The van der Waals surface area contributed by atoms with Crippen molar-refractivity contribution in [2.45, 2.75) is 13.0 Å². The molecule has 2 aromatic carbocycles. The SMILES string of the molecule is O=C(CCNc1ccc(Oc2ccccc2)cc1)NCc1ccco1. The van der Waals surface area contributed by atoms with E-state index in [4.69, 9.17) is 9.15 Å². The predicted molar refractivity (Wildman–Crippen MR) is 96.6 cm³/mol. The smallest absolute Gasteiger partial charge is 0.222 e. The molecule has 3 rings (SSSR count). The second-order valence-electron chi connectivity index (χ2n) is 5.47. The third-order valence-corrected chi connectivity index (χ3v) is 3.55. The van der Waals surface area contributed by atoms with Crippen molar-refractivity contribution in [3.05, 3.63) is 78.8 Å². The monoisotopic (exact) mass is 336 g/mol. The van der Waals surface area contributed by atoms with Crippen LogP contribution in [0.4, 0.5) is 5.69 Å². The Bertz CT molecular complexity index is 768. The van der Waals surface area contributed by atoms with Crippen LogP contribution in [0.15, 0.2) is 77.4 Å². The largest absolute Gasteiger partial charge is 0.467 e. The van der Waals surface area contributed by atoms with Crippen LogP contribution >= 0.6 is 0 Å². The van der Waals surface area contributed by atoms with E-state index < -0.39 is 0 Å². The molecule has 5 heteroatoms. The number of hydrogen-bond donors (Lipinski definition) is 2. The number of furan rings is 1. The van der Waals surface area contributed by atoms with Crippen LogP contribution in [0.5, 0.6) is 11.5 Å². The molecule has 5 nitrogen and oxygen atoms in total. The first-order chi connectivity index (χ1) is 12.3. The maximum Gasteiger partial charge on any atom is 0.222 e. The van der Waals surface area contributed by atoms with E-state index >= 15 is 0 Å². The normalized spacial score (nSPS) is 10.2. The first-order valence-electron chi connectivity index (χ1n) is 8.15. The van der Waals surface area contributed by atoms with E-state index in [1.54, 1.807) is 12.3 Å². The fraction of sp³-hybridized carbons (Fsp3) is 0.150. The summed E-state index contributed by atoms with van der Waals surface area (Å²) < 4.78 is 10.9. The van der Waals surface area contributed by atoms with Gasteiger partial charge in [-0.15, -0.1) is 0 Å². The fourth-order valence-electron chi connectivity index (χ4n) is 2.27. The van der Waals surface area contributed by atoms with E-state index in [0.717, 1.165) is 22.9 Å². The van der Waals surface area contributed by atoms with Crippen LogP contribution in [0, 0.1) is 0 Å². The van der Waals surface area contributed by atoms with Crippen molar-refractivity contribution in [3.63, 3.8) is 0 Å². The van der Waals surface area contributed by atoms with Crippen LogP contribution in [0.1, 0.15) is 12.2 Å². The minimum Gasteiger partial charge on any atom is -0.467 e. The lowest BCUT2D eigenvalue weighted by Crippen LogP contribution is -2.24. The Balaban J connectivity index is 1.39. The standard InChI is InChI=1S/C20H20N2O3/c23-20(22-15-19-7-4-14-24-19)12-13-21-16-8-10-18(11-9-16)25-17-5-2-1-3-6-17/h1-11,14,21H,12-13,15H2,(H,22,23). The maximum absolute atomic E-state index is 11.8. The van der Waals surface area contributed by atoms with E-state index in [2.05, 4.69) is 10.6 Å². The number of ether oxygens (including phenoxy) is 1. The highest BCUT2D eigenvalue weighted by molar-refractivity contribution is 5.76. The van der Waals surface area contributed by atoms with E-state index in [1.165, 1.54) is 0 Å². The summed E-state index contributed by atoms with van der Waals surface area (Å²) >= 11 is 0. The maximum atomic E-state index is 11.8. The summed E-state index contributed by atoms with van der Waals surface area (Å²) in [6, 6.07) is 20.9. The molecule has 0 aliphatic carbocycles.